The first-order valence-corrected chi connectivity index (χ1v) is 12.2. The van der Waals surface area contributed by atoms with Crippen LogP contribution in [0.1, 0.15) is 21.7 Å². The maximum Gasteiger partial charge on any atom is 0.257 e. The van der Waals surface area contributed by atoms with Crippen molar-refractivity contribution in [2.45, 2.75) is 18.7 Å². The van der Waals surface area contributed by atoms with Crippen molar-refractivity contribution in [1.82, 2.24) is 29.0 Å². The van der Waals surface area contributed by atoms with E-state index in [1.54, 1.807) is 53.9 Å². The molecule has 3 aromatic heterocycles. The number of carbonyl (C=O) groups excluding carboxylic acids is 1. The second-order valence-corrected chi connectivity index (χ2v) is 10.1. The molecule has 9 nitrogen and oxygen atoms in total. The van der Waals surface area contributed by atoms with Gasteiger partial charge in [0.05, 0.1) is 22.6 Å². The molecule has 1 aliphatic heterocycles. The summed E-state index contributed by atoms with van der Waals surface area (Å²) in [4.78, 5) is 22.2. The van der Waals surface area contributed by atoms with Crippen LogP contribution < -0.4 is 0 Å². The van der Waals surface area contributed by atoms with E-state index in [1.165, 1.54) is 22.6 Å². The minimum atomic E-state index is -3.73. The Morgan fingerprint density at radius 3 is 2.47 bits per heavy atom. The number of halogens is 1. The van der Waals surface area contributed by atoms with Crippen molar-refractivity contribution >= 4 is 27.0 Å². The SMILES string of the molecule is Cc1nn(-c2ccc(F)cc2)c(C)c1C(=O)N1CCN(S(=O)(=O)c2c[nH]c3ncccc23)CC1. The summed E-state index contributed by atoms with van der Waals surface area (Å²) >= 11 is 0. The lowest BCUT2D eigenvalue weighted by Crippen LogP contribution is -2.50. The molecule has 11 heteroatoms. The third kappa shape index (κ3) is 3.66. The monoisotopic (exact) mass is 482 g/mol. The zero-order chi connectivity index (χ0) is 24.0. The first-order valence-electron chi connectivity index (χ1n) is 10.8. The van der Waals surface area contributed by atoms with Crippen LogP contribution in [0.5, 0.6) is 0 Å². The number of aromatic nitrogens is 4. The Kier molecular flexibility index (Phi) is 5.45. The number of rotatable bonds is 4. The number of H-pyrrole nitrogens is 1. The molecule has 5 rings (SSSR count). The van der Waals surface area contributed by atoms with Crippen molar-refractivity contribution in [2.24, 2.45) is 0 Å². The number of nitrogens with zero attached hydrogens (tertiary/aromatic N) is 5. The smallest absolute Gasteiger partial charge is 0.257 e. The molecule has 0 bridgehead atoms. The normalized spacial score (nSPS) is 15.2. The summed E-state index contributed by atoms with van der Waals surface area (Å²) in [7, 11) is -3.73. The average molecular weight is 483 g/mol. The van der Waals surface area contributed by atoms with Gasteiger partial charge in [0.2, 0.25) is 10.0 Å². The van der Waals surface area contributed by atoms with Crippen LogP contribution >= 0.6 is 0 Å². The zero-order valence-electron chi connectivity index (χ0n) is 18.7. The first-order chi connectivity index (χ1) is 16.3. The van der Waals surface area contributed by atoms with Gasteiger partial charge in [0.1, 0.15) is 16.4 Å². The Labute approximate surface area is 195 Å². The predicted molar refractivity (Wildman–Crippen MR) is 124 cm³/mol. The summed E-state index contributed by atoms with van der Waals surface area (Å²) in [6, 6.07) is 9.31. The number of sulfonamides is 1. The third-order valence-electron chi connectivity index (χ3n) is 6.13. The van der Waals surface area contributed by atoms with E-state index in [2.05, 4.69) is 15.1 Å². The molecule has 176 valence electrons. The van der Waals surface area contributed by atoms with Gasteiger partial charge >= 0.3 is 0 Å². The average Bonchev–Trinajstić information content (AvgIpc) is 3.40. The second-order valence-electron chi connectivity index (χ2n) is 8.18. The van der Waals surface area contributed by atoms with Gasteiger partial charge in [-0.15, -0.1) is 0 Å². The van der Waals surface area contributed by atoms with Crippen molar-refractivity contribution in [3.05, 3.63) is 71.6 Å². The van der Waals surface area contributed by atoms with Crippen LogP contribution in [0.25, 0.3) is 16.7 Å². The number of piperazine rings is 1. The van der Waals surface area contributed by atoms with Gasteiger partial charge < -0.3 is 9.88 Å². The maximum absolute atomic E-state index is 13.3. The molecule has 0 atom stereocenters. The lowest BCUT2D eigenvalue weighted by atomic mass is 10.1. The molecule has 1 fully saturated rings. The maximum atomic E-state index is 13.3. The van der Waals surface area contributed by atoms with Gasteiger partial charge in [-0.1, -0.05) is 0 Å². The molecule has 1 aliphatic rings. The van der Waals surface area contributed by atoms with Crippen LogP contribution in [-0.4, -0.2) is 69.5 Å². The summed E-state index contributed by atoms with van der Waals surface area (Å²) in [5, 5.41) is 5.02. The van der Waals surface area contributed by atoms with Crippen LogP contribution in [0, 0.1) is 19.7 Å². The number of amides is 1. The molecule has 0 unspecified atom stereocenters. The minimum Gasteiger partial charge on any atom is -0.345 e. The number of aromatic amines is 1. The highest BCUT2D eigenvalue weighted by Crippen LogP contribution is 2.26. The largest absolute Gasteiger partial charge is 0.345 e. The number of hydrogen-bond acceptors (Lipinski definition) is 5. The van der Waals surface area contributed by atoms with Crippen LogP contribution in [-0.2, 0) is 10.0 Å². The summed E-state index contributed by atoms with van der Waals surface area (Å²) < 4.78 is 42.8. The van der Waals surface area contributed by atoms with E-state index in [0.29, 0.717) is 33.7 Å². The summed E-state index contributed by atoms with van der Waals surface area (Å²) in [6.07, 6.45) is 3.06. The predicted octanol–water partition coefficient (Wildman–Crippen LogP) is 2.65. The van der Waals surface area contributed by atoms with E-state index in [9.17, 15) is 17.6 Å². The standard InChI is InChI=1S/C23H23FN6O3S/c1-15-21(16(2)30(27-15)18-7-5-17(24)6-8-18)23(31)28-10-12-29(13-11-28)34(32,33)20-14-26-22-19(20)4-3-9-25-22/h3-9,14H,10-13H2,1-2H3,(H,25,26). The topological polar surface area (TPSA) is 104 Å². The Morgan fingerprint density at radius 1 is 1.06 bits per heavy atom. The Morgan fingerprint density at radius 2 is 1.76 bits per heavy atom. The fraction of sp³-hybridized carbons (Fsp3) is 0.261. The van der Waals surface area contributed by atoms with Gasteiger partial charge in [-0.05, 0) is 50.2 Å². The van der Waals surface area contributed by atoms with Crippen LogP contribution in [0.2, 0.25) is 0 Å². The van der Waals surface area contributed by atoms with Gasteiger partial charge in [0.15, 0.2) is 0 Å². The fourth-order valence-corrected chi connectivity index (χ4v) is 5.93. The second kappa shape index (κ2) is 8.33. The molecule has 0 radical (unpaired) electrons. The highest BCUT2D eigenvalue weighted by atomic mass is 32.2. The van der Waals surface area contributed by atoms with Crippen molar-refractivity contribution in [2.75, 3.05) is 26.2 Å². The highest BCUT2D eigenvalue weighted by molar-refractivity contribution is 7.89. The molecule has 34 heavy (non-hydrogen) atoms. The highest BCUT2D eigenvalue weighted by Gasteiger charge is 2.33. The van der Waals surface area contributed by atoms with Crippen molar-refractivity contribution < 1.29 is 17.6 Å². The Balaban J connectivity index is 1.34. The fourth-order valence-electron chi connectivity index (χ4n) is 4.36. The lowest BCUT2D eigenvalue weighted by molar-refractivity contribution is 0.0696. The molecule has 1 N–H and O–H groups in total. The van der Waals surface area contributed by atoms with E-state index >= 15 is 0 Å². The lowest BCUT2D eigenvalue weighted by Gasteiger charge is -2.34. The van der Waals surface area contributed by atoms with E-state index < -0.39 is 10.0 Å². The molecule has 0 saturated carbocycles. The molecular weight excluding hydrogens is 459 g/mol. The number of fused-ring (bicyclic) bond motifs is 1. The van der Waals surface area contributed by atoms with Crippen molar-refractivity contribution in [3.63, 3.8) is 0 Å². The molecule has 1 saturated heterocycles. The number of hydrogen-bond donors (Lipinski definition) is 1. The molecular formula is C23H23FN6O3S. The minimum absolute atomic E-state index is 0.183. The van der Waals surface area contributed by atoms with Gasteiger partial charge in [-0.2, -0.15) is 9.40 Å². The summed E-state index contributed by atoms with van der Waals surface area (Å²) in [5.74, 6) is -0.546. The molecule has 0 aliphatic carbocycles. The first kappa shape index (κ1) is 22.2. The quantitative estimate of drug-likeness (QED) is 0.482. The number of nitrogens with one attached hydrogen (secondary N) is 1. The molecule has 4 heterocycles. The van der Waals surface area contributed by atoms with Crippen LogP contribution in [0.3, 0.4) is 0 Å². The number of carbonyl (C=O) groups is 1. The van der Waals surface area contributed by atoms with E-state index in [-0.39, 0.29) is 42.8 Å². The third-order valence-corrected chi connectivity index (χ3v) is 8.07. The number of benzene rings is 1. The zero-order valence-corrected chi connectivity index (χ0v) is 19.5. The van der Waals surface area contributed by atoms with Gasteiger partial charge in [0, 0.05) is 44.0 Å². The van der Waals surface area contributed by atoms with Crippen molar-refractivity contribution in [3.8, 4) is 5.69 Å². The number of pyridine rings is 1. The van der Waals surface area contributed by atoms with Crippen molar-refractivity contribution in [1.29, 1.82) is 0 Å². The van der Waals surface area contributed by atoms with E-state index in [4.69, 9.17) is 0 Å². The van der Waals surface area contributed by atoms with Crippen LogP contribution in [0.15, 0.2) is 53.7 Å². The Bertz CT molecular complexity index is 1480. The summed E-state index contributed by atoms with van der Waals surface area (Å²) in [5.41, 5.74) is 2.86. The van der Waals surface area contributed by atoms with E-state index in [0.717, 1.165) is 0 Å². The molecule has 1 amide bonds. The van der Waals surface area contributed by atoms with Gasteiger partial charge in [-0.3, -0.25) is 4.79 Å². The van der Waals surface area contributed by atoms with Gasteiger partial charge in [0.25, 0.3) is 5.91 Å². The van der Waals surface area contributed by atoms with Crippen LogP contribution in [0.4, 0.5) is 4.39 Å². The van der Waals surface area contributed by atoms with E-state index in [1.807, 2.05) is 0 Å². The molecule has 1 aromatic carbocycles. The Hall–Kier alpha value is -3.57. The van der Waals surface area contributed by atoms with Gasteiger partial charge in [-0.25, -0.2) is 22.5 Å². The summed E-state index contributed by atoms with van der Waals surface area (Å²) in [6.45, 7) is 4.45. The molecule has 4 aromatic rings. The number of aryl methyl sites for hydroxylation is 1. The molecule has 0 spiro atoms.